The lowest BCUT2D eigenvalue weighted by atomic mass is 9.84. The average Bonchev–Trinajstić information content (AvgIpc) is 2.65. The Kier molecular flexibility index (Phi) is 5.81. The second-order valence-corrected chi connectivity index (χ2v) is 6.70. The number of nitrogens with zero attached hydrogens (tertiary/aromatic N) is 1. The smallest absolute Gasteiger partial charge is 0.330 e. The molecule has 0 bridgehead atoms. The number of carbonyl (C=O) groups is 2. The summed E-state index contributed by atoms with van der Waals surface area (Å²) in [5.41, 5.74) is 0.576. The Morgan fingerprint density at radius 3 is 2.67 bits per heavy atom. The predicted molar refractivity (Wildman–Crippen MR) is 92.8 cm³/mol. The van der Waals surface area contributed by atoms with Gasteiger partial charge in [-0.25, -0.2) is 4.79 Å². The quantitative estimate of drug-likeness (QED) is 0.473. The van der Waals surface area contributed by atoms with Crippen LogP contribution in [-0.2, 0) is 9.53 Å². The number of piperidine rings is 2. The molecule has 0 radical (unpaired) electrons. The van der Waals surface area contributed by atoms with E-state index >= 15 is 0 Å². The third-order valence-corrected chi connectivity index (χ3v) is 5.10. The molecule has 2 saturated heterocycles. The van der Waals surface area contributed by atoms with Gasteiger partial charge in [-0.05, 0) is 44.8 Å². The van der Waals surface area contributed by atoms with E-state index in [1.165, 1.54) is 50.9 Å². The van der Waals surface area contributed by atoms with E-state index in [2.05, 4.69) is 4.90 Å². The third-order valence-electron chi connectivity index (χ3n) is 5.10. The largest absolute Gasteiger partial charge is 0.462 e. The van der Waals surface area contributed by atoms with E-state index in [9.17, 15) is 9.59 Å². The van der Waals surface area contributed by atoms with Crippen molar-refractivity contribution in [3.63, 3.8) is 0 Å². The highest BCUT2D eigenvalue weighted by molar-refractivity contribution is 6.06. The minimum absolute atomic E-state index is 0.177. The molecule has 128 valence electrons. The lowest BCUT2D eigenvalue weighted by Crippen LogP contribution is -2.49. The van der Waals surface area contributed by atoms with Gasteiger partial charge in [-0.2, -0.15) is 0 Å². The summed E-state index contributed by atoms with van der Waals surface area (Å²) in [4.78, 5) is 26.4. The minimum Gasteiger partial charge on any atom is -0.462 e. The van der Waals surface area contributed by atoms with Gasteiger partial charge in [0.25, 0.3) is 0 Å². The van der Waals surface area contributed by atoms with Crippen LogP contribution in [0.15, 0.2) is 42.5 Å². The number of hydrogen-bond donors (Lipinski definition) is 0. The Balaban J connectivity index is 1.48. The van der Waals surface area contributed by atoms with Crippen LogP contribution >= 0.6 is 0 Å². The van der Waals surface area contributed by atoms with Crippen molar-refractivity contribution in [3.8, 4) is 0 Å². The number of hydrogen-bond acceptors (Lipinski definition) is 4. The Morgan fingerprint density at radius 2 is 1.83 bits per heavy atom. The van der Waals surface area contributed by atoms with Crippen molar-refractivity contribution in [1.29, 1.82) is 0 Å². The standard InChI is InChI=1S/C20H25NO3/c22-19(16-7-2-1-3-8-16)11-12-20(23)24-15-17-9-6-14-21-13-5-4-10-18(17)21/h1-3,7-8,11-12,17-18H,4-6,9-10,13-15H2/b12-11+/t17-,18+/m0/s1. The molecule has 2 aliphatic rings. The van der Waals surface area contributed by atoms with E-state index in [4.69, 9.17) is 4.74 Å². The summed E-state index contributed by atoms with van der Waals surface area (Å²) in [5.74, 6) is -0.169. The first-order valence-electron chi connectivity index (χ1n) is 8.92. The fraction of sp³-hybridized carbons (Fsp3) is 0.500. The Hall–Kier alpha value is -1.94. The number of fused-ring (bicyclic) bond motifs is 1. The lowest BCUT2D eigenvalue weighted by molar-refractivity contribution is -0.140. The Bertz CT molecular complexity index is 594. The first-order valence-corrected chi connectivity index (χ1v) is 8.92. The number of ether oxygens (including phenoxy) is 1. The van der Waals surface area contributed by atoms with E-state index in [1.54, 1.807) is 24.3 Å². The van der Waals surface area contributed by atoms with Gasteiger partial charge in [0.15, 0.2) is 5.78 Å². The van der Waals surface area contributed by atoms with Crippen molar-refractivity contribution in [1.82, 2.24) is 4.90 Å². The monoisotopic (exact) mass is 327 g/mol. The molecule has 0 N–H and O–H groups in total. The zero-order valence-corrected chi connectivity index (χ0v) is 14.0. The summed E-state index contributed by atoms with van der Waals surface area (Å²) >= 11 is 0. The molecular weight excluding hydrogens is 302 g/mol. The number of allylic oxidation sites excluding steroid dienone is 1. The van der Waals surface area contributed by atoms with E-state index in [0.29, 0.717) is 24.1 Å². The number of carbonyl (C=O) groups excluding carboxylic acids is 2. The molecule has 2 atom stereocenters. The van der Waals surface area contributed by atoms with Crippen LogP contribution in [0, 0.1) is 5.92 Å². The van der Waals surface area contributed by atoms with Crippen molar-refractivity contribution in [2.45, 2.75) is 38.1 Å². The van der Waals surface area contributed by atoms with Crippen LogP contribution in [0.4, 0.5) is 0 Å². The van der Waals surface area contributed by atoms with Crippen LogP contribution in [0.5, 0.6) is 0 Å². The van der Waals surface area contributed by atoms with E-state index < -0.39 is 5.97 Å². The minimum atomic E-state index is -0.424. The second-order valence-electron chi connectivity index (χ2n) is 6.70. The van der Waals surface area contributed by atoms with Crippen LogP contribution in [0.2, 0.25) is 0 Å². The van der Waals surface area contributed by atoms with Crippen LogP contribution in [0.1, 0.15) is 42.5 Å². The van der Waals surface area contributed by atoms with Gasteiger partial charge in [-0.3, -0.25) is 9.69 Å². The van der Waals surface area contributed by atoms with Gasteiger partial charge in [-0.1, -0.05) is 36.8 Å². The molecule has 2 heterocycles. The molecule has 24 heavy (non-hydrogen) atoms. The van der Waals surface area contributed by atoms with Crippen molar-refractivity contribution >= 4 is 11.8 Å². The maximum Gasteiger partial charge on any atom is 0.330 e. The van der Waals surface area contributed by atoms with Gasteiger partial charge < -0.3 is 4.74 Å². The number of rotatable bonds is 5. The second kappa shape index (κ2) is 8.25. The molecule has 2 aliphatic heterocycles. The van der Waals surface area contributed by atoms with Crippen LogP contribution in [0.25, 0.3) is 0 Å². The molecular formula is C20H25NO3. The SMILES string of the molecule is O=C(/C=C/C(=O)c1ccccc1)OC[C@@H]1CCCN2CCCC[C@H]12. The van der Waals surface area contributed by atoms with Gasteiger partial charge in [0.05, 0.1) is 6.61 Å². The lowest BCUT2D eigenvalue weighted by Gasteiger charge is -2.44. The highest BCUT2D eigenvalue weighted by Crippen LogP contribution is 2.30. The van der Waals surface area contributed by atoms with Crippen molar-refractivity contribution in [2.24, 2.45) is 5.92 Å². The van der Waals surface area contributed by atoms with Gasteiger partial charge in [0, 0.05) is 23.6 Å². The van der Waals surface area contributed by atoms with Gasteiger partial charge >= 0.3 is 5.97 Å². The van der Waals surface area contributed by atoms with Crippen molar-refractivity contribution in [2.75, 3.05) is 19.7 Å². The zero-order valence-electron chi connectivity index (χ0n) is 14.0. The molecule has 0 aliphatic carbocycles. The molecule has 1 aromatic carbocycles. The average molecular weight is 327 g/mol. The molecule has 0 aromatic heterocycles. The molecule has 4 nitrogen and oxygen atoms in total. The third kappa shape index (κ3) is 4.32. The highest BCUT2D eigenvalue weighted by atomic mass is 16.5. The molecule has 1 aromatic rings. The number of esters is 1. The maximum atomic E-state index is 11.9. The molecule has 0 amide bonds. The Morgan fingerprint density at radius 1 is 1.04 bits per heavy atom. The number of ketones is 1. The first-order chi connectivity index (χ1) is 11.7. The maximum absolute atomic E-state index is 11.9. The molecule has 0 spiro atoms. The van der Waals surface area contributed by atoms with Crippen molar-refractivity contribution < 1.29 is 14.3 Å². The van der Waals surface area contributed by atoms with Gasteiger partial charge in [0.2, 0.25) is 0 Å². The highest BCUT2D eigenvalue weighted by Gasteiger charge is 2.33. The molecule has 0 unspecified atom stereocenters. The van der Waals surface area contributed by atoms with Crippen LogP contribution in [-0.4, -0.2) is 42.4 Å². The van der Waals surface area contributed by atoms with Gasteiger partial charge in [0.1, 0.15) is 0 Å². The van der Waals surface area contributed by atoms with Gasteiger partial charge in [-0.15, -0.1) is 0 Å². The first kappa shape index (κ1) is 16.9. The summed E-state index contributed by atoms with van der Waals surface area (Å²) < 4.78 is 5.41. The fourth-order valence-corrected chi connectivity index (χ4v) is 3.85. The summed E-state index contributed by atoms with van der Waals surface area (Å²) in [6.07, 6.45) is 8.62. The predicted octanol–water partition coefficient (Wildman–Crippen LogP) is 3.23. The zero-order chi connectivity index (χ0) is 16.8. The van der Waals surface area contributed by atoms with Crippen LogP contribution < -0.4 is 0 Å². The number of benzene rings is 1. The molecule has 2 fully saturated rings. The van der Waals surface area contributed by atoms with Crippen molar-refractivity contribution in [3.05, 3.63) is 48.0 Å². The topological polar surface area (TPSA) is 46.6 Å². The van der Waals surface area contributed by atoms with E-state index in [1.807, 2.05) is 6.07 Å². The summed E-state index contributed by atoms with van der Waals surface area (Å²) in [5, 5.41) is 0. The molecule has 0 saturated carbocycles. The summed E-state index contributed by atoms with van der Waals surface area (Å²) in [6.45, 7) is 2.82. The van der Waals surface area contributed by atoms with Crippen LogP contribution in [0.3, 0.4) is 0 Å². The van der Waals surface area contributed by atoms with E-state index in [0.717, 1.165) is 6.42 Å². The summed E-state index contributed by atoms with van der Waals surface area (Å²) in [7, 11) is 0. The Labute approximate surface area is 143 Å². The normalized spacial score (nSPS) is 24.5. The summed E-state index contributed by atoms with van der Waals surface area (Å²) in [6, 6.07) is 9.50. The molecule has 3 rings (SSSR count). The molecule has 4 heteroatoms. The fourth-order valence-electron chi connectivity index (χ4n) is 3.85. The van der Waals surface area contributed by atoms with E-state index in [-0.39, 0.29) is 5.78 Å².